The van der Waals surface area contributed by atoms with Crippen molar-refractivity contribution in [2.45, 2.75) is 6.92 Å². The first kappa shape index (κ1) is 12.9. The van der Waals surface area contributed by atoms with Gasteiger partial charge in [-0.15, -0.1) is 0 Å². The summed E-state index contributed by atoms with van der Waals surface area (Å²) in [5, 5.41) is 5.28. The summed E-state index contributed by atoms with van der Waals surface area (Å²) in [6.45, 7) is 1.86. The summed E-state index contributed by atoms with van der Waals surface area (Å²) in [5.74, 6) is -0.347. The second-order valence-corrected chi connectivity index (χ2v) is 4.16. The molecule has 2 aromatic carbocycles. The molecular formula is C14H14FN3O. The third-order valence-corrected chi connectivity index (χ3v) is 2.63. The summed E-state index contributed by atoms with van der Waals surface area (Å²) in [6, 6.07) is 10.4. The van der Waals surface area contributed by atoms with E-state index in [0.717, 1.165) is 5.56 Å². The van der Waals surface area contributed by atoms with Crippen molar-refractivity contribution >= 4 is 23.1 Å². The molecular weight excluding hydrogens is 245 g/mol. The van der Waals surface area contributed by atoms with Crippen LogP contribution in [0.4, 0.5) is 26.2 Å². The summed E-state index contributed by atoms with van der Waals surface area (Å²) in [4.78, 5) is 11.7. The van der Waals surface area contributed by atoms with Crippen LogP contribution in [-0.2, 0) is 0 Å². The van der Waals surface area contributed by atoms with Crippen LogP contribution >= 0.6 is 0 Å². The predicted molar refractivity (Wildman–Crippen MR) is 74.6 cm³/mol. The molecule has 0 aliphatic rings. The number of carbonyl (C=O) groups is 1. The van der Waals surface area contributed by atoms with E-state index in [2.05, 4.69) is 10.6 Å². The second-order valence-electron chi connectivity index (χ2n) is 4.16. The third-order valence-electron chi connectivity index (χ3n) is 2.63. The Morgan fingerprint density at radius 1 is 1.05 bits per heavy atom. The van der Waals surface area contributed by atoms with Crippen LogP contribution < -0.4 is 16.4 Å². The summed E-state index contributed by atoms with van der Waals surface area (Å²) < 4.78 is 12.7. The highest BCUT2D eigenvalue weighted by Crippen LogP contribution is 2.17. The van der Waals surface area contributed by atoms with Crippen LogP contribution in [0.2, 0.25) is 0 Å². The number of nitrogens with one attached hydrogen (secondary N) is 2. The molecule has 0 saturated carbocycles. The minimum Gasteiger partial charge on any atom is -0.399 e. The third kappa shape index (κ3) is 3.45. The van der Waals surface area contributed by atoms with Gasteiger partial charge in [0.05, 0.1) is 0 Å². The Hall–Kier alpha value is -2.56. The van der Waals surface area contributed by atoms with Crippen molar-refractivity contribution in [3.8, 4) is 0 Å². The van der Waals surface area contributed by atoms with E-state index in [4.69, 9.17) is 5.73 Å². The van der Waals surface area contributed by atoms with E-state index in [0.29, 0.717) is 17.1 Å². The van der Waals surface area contributed by atoms with Gasteiger partial charge in [-0.3, -0.25) is 0 Å². The number of carbonyl (C=O) groups excluding carboxylic acids is 1. The molecule has 0 radical (unpaired) electrons. The molecule has 2 aromatic rings. The SMILES string of the molecule is Cc1cc(NC(=O)Nc2ccc(F)cc2)ccc1N. The lowest BCUT2D eigenvalue weighted by Gasteiger charge is -2.09. The van der Waals surface area contributed by atoms with Crippen LogP contribution in [0, 0.1) is 12.7 Å². The minimum absolute atomic E-state index is 0.347. The van der Waals surface area contributed by atoms with Crippen molar-refractivity contribution < 1.29 is 9.18 Å². The maximum atomic E-state index is 12.7. The van der Waals surface area contributed by atoms with Crippen LogP contribution in [0.25, 0.3) is 0 Å². The lowest BCUT2D eigenvalue weighted by Crippen LogP contribution is -2.19. The lowest BCUT2D eigenvalue weighted by molar-refractivity contribution is 0.262. The van der Waals surface area contributed by atoms with Gasteiger partial charge in [-0.2, -0.15) is 0 Å². The fraction of sp³-hybridized carbons (Fsp3) is 0.0714. The predicted octanol–water partition coefficient (Wildman–Crippen LogP) is 3.36. The van der Waals surface area contributed by atoms with Gasteiger partial charge in [-0.25, -0.2) is 9.18 Å². The molecule has 0 spiro atoms. The summed E-state index contributed by atoms with van der Waals surface area (Å²) in [7, 11) is 0. The number of benzene rings is 2. The van der Waals surface area contributed by atoms with Crippen LogP contribution in [0.1, 0.15) is 5.56 Å². The first-order valence-corrected chi connectivity index (χ1v) is 5.74. The molecule has 0 fully saturated rings. The van der Waals surface area contributed by atoms with Crippen molar-refractivity contribution in [3.05, 3.63) is 53.8 Å². The molecule has 4 nitrogen and oxygen atoms in total. The van der Waals surface area contributed by atoms with E-state index in [1.807, 2.05) is 6.92 Å². The highest BCUT2D eigenvalue weighted by atomic mass is 19.1. The van der Waals surface area contributed by atoms with Gasteiger partial charge in [0.15, 0.2) is 0 Å². The van der Waals surface area contributed by atoms with Gasteiger partial charge in [-0.05, 0) is 55.0 Å². The van der Waals surface area contributed by atoms with Gasteiger partial charge >= 0.3 is 6.03 Å². The smallest absolute Gasteiger partial charge is 0.323 e. The normalized spacial score (nSPS) is 10.0. The molecule has 0 atom stereocenters. The number of hydrogen-bond donors (Lipinski definition) is 3. The molecule has 0 saturated heterocycles. The van der Waals surface area contributed by atoms with E-state index in [1.54, 1.807) is 18.2 Å². The molecule has 0 aliphatic carbocycles. The van der Waals surface area contributed by atoms with Gasteiger partial charge in [0, 0.05) is 17.1 Å². The zero-order chi connectivity index (χ0) is 13.8. The Bertz CT molecular complexity index is 596. The molecule has 4 N–H and O–H groups in total. The zero-order valence-electron chi connectivity index (χ0n) is 10.4. The number of hydrogen-bond acceptors (Lipinski definition) is 2. The number of rotatable bonds is 2. The van der Waals surface area contributed by atoms with Gasteiger partial charge in [0.2, 0.25) is 0 Å². The Labute approximate surface area is 110 Å². The highest BCUT2D eigenvalue weighted by molar-refractivity contribution is 5.99. The highest BCUT2D eigenvalue weighted by Gasteiger charge is 2.03. The van der Waals surface area contributed by atoms with Crippen molar-refractivity contribution in [2.75, 3.05) is 16.4 Å². The second kappa shape index (κ2) is 5.39. The number of nitrogen functional groups attached to an aromatic ring is 1. The fourth-order valence-corrected chi connectivity index (χ4v) is 1.58. The van der Waals surface area contributed by atoms with E-state index < -0.39 is 6.03 Å². The van der Waals surface area contributed by atoms with Crippen LogP contribution in [0.5, 0.6) is 0 Å². The zero-order valence-corrected chi connectivity index (χ0v) is 10.4. The minimum atomic E-state index is -0.393. The molecule has 5 heteroatoms. The van der Waals surface area contributed by atoms with Crippen LogP contribution in [-0.4, -0.2) is 6.03 Å². The summed E-state index contributed by atoms with van der Waals surface area (Å²) >= 11 is 0. The average Bonchev–Trinajstić information content (AvgIpc) is 2.37. The van der Waals surface area contributed by atoms with E-state index in [9.17, 15) is 9.18 Å². The molecule has 98 valence electrons. The number of anilines is 3. The fourth-order valence-electron chi connectivity index (χ4n) is 1.58. The first-order valence-electron chi connectivity index (χ1n) is 5.74. The number of urea groups is 1. The van der Waals surface area contributed by atoms with E-state index >= 15 is 0 Å². The topological polar surface area (TPSA) is 67.2 Å². The molecule has 0 bridgehead atoms. The van der Waals surface area contributed by atoms with Crippen molar-refractivity contribution in [2.24, 2.45) is 0 Å². The van der Waals surface area contributed by atoms with Crippen molar-refractivity contribution in [1.82, 2.24) is 0 Å². The van der Waals surface area contributed by atoms with Crippen LogP contribution in [0.15, 0.2) is 42.5 Å². The molecule has 0 heterocycles. The van der Waals surface area contributed by atoms with Gasteiger partial charge in [0.25, 0.3) is 0 Å². The van der Waals surface area contributed by atoms with Crippen molar-refractivity contribution in [3.63, 3.8) is 0 Å². The largest absolute Gasteiger partial charge is 0.399 e. The lowest BCUT2D eigenvalue weighted by atomic mass is 10.2. The molecule has 19 heavy (non-hydrogen) atoms. The molecule has 0 unspecified atom stereocenters. The average molecular weight is 259 g/mol. The number of amides is 2. The Balaban J connectivity index is 2.01. The standard InChI is InChI=1S/C14H14FN3O/c1-9-8-12(6-7-13(9)16)18-14(19)17-11-4-2-10(15)3-5-11/h2-8H,16H2,1H3,(H2,17,18,19). The van der Waals surface area contributed by atoms with E-state index in [1.165, 1.54) is 24.3 Å². The summed E-state index contributed by atoms with van der Waals surface area (Å²) in [5.41, 5.74) is 8.42. The van der Waals surface area contributed by atoms with Gasteiger partial charge in [0.1, 0.15) is 5.82 Å². The number of halogens is 1. The Morgan fingerprint density at radius 2 is 1.63 bits per heavy atom. The van der Waals surface area contributed by atoms with Crippen LogP contribution in [0.3, 0.4) is 0 Å². The van der Waals surface area contributed by atoms with Crippen molar-refractivity contribution in [1.29, 1.82) is 0 Å². The quantitative estimate of drug-likeness (QED) is 0.724. The van der Waals surface area contributed by atoms with E-state index in [-0.39, 0.29) is 5.82 Å². The van der Waals surface area contributed by atoms with Gasteiger partial charge < -0.3 is 16.4 Å². The Kier molecular flexibility index (Phi) is 3.66. The monoisotopic (exact) mass is 259 g/mol. The maximum Gasteiger partial charge on any atom is 0.323 e. The summed E-state index contributed by atoms with van der Waals surface area (Å²) in [6.07, 6.45) is 0. The maximum absolute atomic E-state index is 12.7. The molecule has 2 rings (SSSR count). The first-order chi connectivity index (χ1) is 9.04. The molecule has 0 aliphatic heterocycles. The van der Waals surface area contributed by atoms with Gasteiger partial charge in [-0.1, -0.05) is 0 Å². The molecule has 0 aromatic heterocycles. The molecule has 2 amide bonds. The Morgan fingerprint density at radius 3 is 2.26 bits per heavy atom. The number of aryl methyl sites for hydroxylation is 1. The number of nitrogens with two attached hydrogens (primary N) is 1.